The highest BCUT2D eigenvalue weighted by atomic mass is 35.5. The number of carbonyl (C=O) groups excluding carboxylic acids is 1. The lowest BCUT2D eigenvalue weighted by Crippen LogP contribution is -2.36. The van der Waals surface area contributed by atoms with E-state index in [1.165, 1.54) is 30.5 Å². The molecular weight excluding hydrogens is 365 g/mol. The van der Waals surface area contributed by atoms with E-state index < -0.39 is 5.82 Å². The van der Waals surface area contributed by atoms with Crippen LogP contribution in [0.4, 0.5) is 9.18 Å². The predicted molar refractivity (Wildman–Crippen MR) is 106 cm³/mol. The minimum atomic E-state index is -0.467. The van der Waals surface area contributed by atoms with Gasteiger partial charge in [-0.2, -0.15) is 0 Å². The Morgan fingerprint density at radius 3 is 2.67 bits per heavy atom. The minimum absolute atomic E-state index is 0.0522. The maximum absolute atomic E-state index is 13.3. The second-order valence-corrected chi connectivity index (χ2v) is 7.43. The fourth-order valence-electron chi connectivity index (χ4n) is 3.33. The molecule has 1 heterocycles. The zero-order valence-corrected chi connectivity index (χ0v) is 16.2. The van der Waals surface area contributed by atoms with Gasteiger partial charge >= 0.3 is 6.03 Å². The molecule has 2 amide bonds. The lowest BCUT2D eigenvalue weighted by molar-refractivity contribution is 0.237. The highest BCUT2D eigenvalue weighted by Crippen LogP contribution is 2.20. The Morgan fingerprint density at radius 1 is 1.19 bits per heavy atom. The van der Waals surface area contributed by atoms with E-state index in [0.29, 0.717) is 6.54 Å². The van der Waals surface area contributed by atoms with Gasteiger partial charge < -0.3 is 10.6 Å². The van der Waals surface area contributed by atoms with E-state index in [0.717, 1.165) is 30.8 Å². The molecule has 6 heteroatoms. The van der Waals surface area contributed by atoms with Crippen LogP contribution in [0.2, 0.25) is 5.02 Å². The van der Waals surface area contributed by atoms with Gasteiger partial charge in [0.1, 0.15) is 5.82 Å². The van der Waals surface area contributed by atoms with Crippen molar-refractivity contribution in [3.05, 3.63) is 70.0 Å². The average molecular weight is 390 g/mol. The molecule has 27 heavy (non-hydrogen) atoms. The van der Waals surface area contributed by atoms with Crippen molar-refractivity contribution in [2.75, 3.05) is 13.1 Å². The molecule has 1 atom stereocenters. The number of hydrogen-bond donors (Lipinski definition) is 2. The standard InChI is InChI=1S/C21H25ClFN3O/c1-15(18-7-8-20(23)19(22)12-18)25-21(27)24-13-16-5-4-6-17(11-16)14-26-9-2-3-10-26/h4-8,11-12,15H,2-3,9-10,13-14H2,1H3,(H2,24,25,27). The third kappa shape index (κ3) is 5.68. The van der Waals surface area contributed by atoms with Gasteiger partial charge in [0.25, 0.3) is 0 Å². The van der Waals surface area contributed by atoms with Crippen molar-refractivity contribution in [2.45, 2.75) is 38.9 Å². The summed E-state index contributed by atoms with van der Waals surface area (Å²) < 4.78 is 13.3. The predicted octanol–water partition coefficient (Wildman–Crippen LogP) is 4.64. The molecule has 4 nitrogen and oxygen atoms in total. The highest BCUT2D eigenvalue weighted by Gasteiger charge is 2.13. The molecule has 0 bridgehead atoms. The number of hydrogen-bond acceptors (Lipinski definition) is 2. The molecule has 1 fully saturated rings. The van der Waals surface area contributed by atoms with Crippen LogP contribution >= 0.6 is 11.6 Å². The zero-order valence-electron chi connectivity index (χ0n) is 15.5. The van der Waals surface area contributed by atoms with Gasteiger partial charge in [-0.3, -0.25) is 4.90 Å². The highest BCUT2D eigenvalue weighted by molar-refractivity contribution is 6.30. The summed E-state index contributed by atoms with van der Waals surface area (Å²) in [6.07, 6.45) is 2.55. The van der Waals surface area contributed by atoms with Gasteiger partial charge in [-0.05, 0) is 61.7 Å². The molecule has 0 aromatic heterocycles. The van der Waals surface area contributed by atoms with E-state index in [4.69, 9.17) is 11.6 Å². The zero-order chi connectivity index (χ0) is 19.2. The molecule has 1 aliphatic rings. The first-order valence-corrected chi connectivity index (χ1v) is 9.68. The maximum atomic E-state index is 13.3. The Labute approximate surface area is 164 Å². The number of halogens is 2. The normalized spacial score (nSPS) is 15.5. The first-order chi connectivity index (χ1) is 13.0. The second-order valence-electron chi connectivity index (χ2n) is 7.03. The molecule has 2 N–H and O–H groups in total. The number of benzene rings is 2. The fraction of sp³-hybridized carbons (Fsp3) is 0.381. The monoisotopic (exact) mass is 389 g/mol. The number of nitrogens with zero attached hydrogens (tertiary/aromatic N) is 1. The maximum Gasteiger partial charge on any atom is 0.315 e. The van der Waals surface area contributed by atoms with Crippen molar-refractivity contribution in [1.29, 1.82) is 0 Å². The first-order valence-electron chi connectivity index (χ1n) is 9.31. The van der Waals surface area contributed by atoms with Crippen molar-refractivity contribution >= 4 is 17.6 Å². The second kappa shape index (κ2) is 9.20. The largest absolute Gasteiger partial charge is 0.334 e. The van der Waals surface area contributed by atoms with Crippen molar-refractivity contribution in [1.82, 2.24) is 15.5 Å². The molecule has 3 rings (SSSR count). The Bertz CT molecular complexity index is 793. The first kappa shape index (κ1) is 19.6. The smallest absolute Gasteiger partial charge is 0.315 e. The third-order valence-electron chi connectivity index (χ3n) is 4.84. The SMILES string of the molecule is CC(NC(=O)NCc1cccc(CN2CCCC2)c1)c1ccc(F)c(Cl)c1. The Balaban J connectivity index is 1.50. The number of nitrogens with one attached hydrogen (secondary N) is 2. The number of likely N-dealkylation sites (tertiary alicyclic amines) is 1. The lowest BCUT2D eigenvalue weighted by Gasteiger charge is -2.17. The van der Waals surface area contributed by atoms with Crippen molar-refractivity contribution in [2.24, 2.45) is 0 Å². The fourth-order valence-corrected chi connectivity index (χ4v) is 3.52. The lowest BCUT2D eigenvalue weighted by atomic mass is 10.1. The van der Waals surface area contributed by atoms with Crippen molar-refractivity contribution in [3.8, 4) is 0 Å². The summed E-state index contributed by atoms with van der Waals surface area (Å²) in [7, 11) is 0. The van der Waals surface area contributed by atoms with Gasteiger partial charge in [-0.15, -0.1) is 0 Å². The summed E-state index contributed by atoms with van der Waals surface area (Å²) in [6.45, 7) is 5.57. The number of amides is 2. The molecule has 1 saturated heterocycles. The third-order valence-corrected chi connectivity index (χ3v) is 5.13. The molecule has 0 spiro atoms. The summed E-state index contributed by atoms with van der Waals surface area (Å²) >= 11 is 5.80. The summed E-state index contributed by atoms with van der Waals surface area (Å²) in [6, 6.07) is 12.2. The Hall–Kier alpha value is -2.11. The molecule has 2 aromatic carbocycles. The van der Waals surface area contributed by atoms with Gasteiger partial charge in [-0.1, -0.05) is 41.9 Å². The van der Waals surface area contributed by atoms with Crippen molar-refractivity contribution in [3.63, 3.8) is 0 Å². The van der Waals surface area contributed by atoms with E-state index in [9.17, 15) is 9.18 Å². The van der Waals surface area contributed by atoms with Crippen LogP contribution in [0.5, 0.6) is 0 Å². The number of urea groups is 1. The van der Waals surface area contributed by atoms with Crippen LogP contribution < -0.4 is 10.6 Å². The van der Waals surface area contributed by atoms with Crippen molar-refractivity contribution < 1.29 is 9.18 Å². The van der Waals surface area contributed by atoms with Gasteiger partial charge in [-0.25, -0.2) is 9.18 Å². The molecular formula is C21H25ClFN3O. The van der Waals surface area contributed by atoms with E-state index in [-0.39, 0.29) is 17.1 Å². The van der Waals surface area contributed by atoms with Crippen LogP contribution in [-0.2, 0) is 13.1 Å². The molecule has 1 unspecified atom stereocenters. The quantitative estimate of drug-likeness (QED) is 0.756. The van der Waals surface area contributed by atoms with Crippen LogP contribution in [0.3, 0.4) is 0 Å². The summed E-state index contributed by atoms with van der Waals surface area (Å²) in [5, 5.41) is 5.78. The van der Waals surface area contributed by atoms with Crippen LogP contribution in [0.25, 0.3) is 0 Å². The average Bonchev–Trinajstić information content (AvgIpc) is 3.15. The van der Waals surface area contributed by atoms with Crippen LogP contribution in [0, 0.1) is 5.82 Å². The van der Waals surface area contributed by atoms with Crippen LogP contribution in [0.1, 0.15) is 42.5 Å². The molecule has 2 aromatic rings. The number of carbonyl (C=O) groups is 1. The van der Waals surface area contributed by atoms with E-state index >= 15 is 0 Å². The summed E-state index contributed by atoms with van der Waals surface area (Å²) in [5.74, 6) is -0.467. The van der Waals surface area contributed by atoms with Gasteiger partial charge in [0.05, 0.1) is 11.1 Å². The minimum Gasteiger partial charge on any atom is -0.334 e. The van der Waals surface area contributed by atoms with Crippen LogP contribution in [0.15, 0.2) is 42.5 Å². The molecule has 0 radical (unpaired) electrons. The van der Waals surface area contributed by atoms with Gasteiger partial charge in [0.15, 0.2) is 0 Å². The van der Waals surface area contributed by atoms with E-state index in [1.807, 2.05) is 19.1 Å². The van der Waals surface area contributed by atoms with Crippen LogP contribution in [-0.4, -0.2) is 24.0 Å². The summed E-state index contributed by atoms with van der Waals surface area (Å²) in [4.78, 5) is 14.6. The molecule has 0 aliphatic carbocycles. The Morgan fingerprint density at radius 2 is 1.93 bits per heavy atom. The molecule has 0 saturated carbocycles. The molecule has 144 valence electrons. The summed E-state index contributed by atoms with van der Waals surface area (Å²) in [5.41, 5.74) is 3.09. The Kier molecular flexibility index (Phi) is 6.69. The van der Waals surface area contributed by atoms with Gasteiger partial charge in [0, 0.05) is 13.1 Å². The van der Waals surface area contributed by atoms with Gasteiger partial charge in [0.2, 0.25) is 0 Å². The van der Waals surface area contributed by atoms with E-state index in [1.54, 1.807) is 6.07 Å². The topological polar surface area (TPSA) is 44.4 Å². The number of rotatable bonds is 6. The van der Waals surface area contributed by atoms with E-state index in [2.05, 4.69) is 27.7 Å². The molecule has 1 aliphatic heterocycles.